The highest BCUT2D eigenvalue weighted by atomic mass is 16.3. The van der Waals surface area contributed by atoms with Crippen molar-refractivity contribution in [1.82, 2.24) is 0 Å². The van der Waals surface area contributed by atoms with Crippen LogP contribution in [0.4, 0.5) is 0 Å². The highest BCUT2D eigenvalue weighted by Crippen LogP contribution is 2.47. The number of fused-ring (bicyclic) bond motifs is 10. The van der Waals surface area contributed by atoms with Crippen LogP contribution in [0.1, 0.15) is 0 Å². The Kier molecular flexibility index (Phi) is 5.70. The molecule has 232 valence electrons. The molecule has 11 rings (SSSR count). The molecule has 0 aliphatic rings. The van der Waals surface area contributed by atoms with Crippen molar-refractivity contribution in [1.29, 1.82) is 0 Å². The first kappa shape index (κ1) is 27.3. The molecule has 0 fully saturated rings. The second kappa shape index (κ2) is 10.4. The lowest BCUT2D eigenvalue weighted by Crippen LogP contribution is -1.92. The zero-order valence-corrected chi connectivity index (χ0v) is 27.0. The second-order valence-corrected chi connectivity index (χ2v) is 13.1. The Morgan fingerprint density at radius 1 is 0.280 bits per heavy atom. The fourth-order valence-corrected chi connectivity index (χ4v) is 8.31. The van der Waals surface area contributed by atoms with E-state index in [2.05, 4.69) is 158 Å². The Morgan fingerprint density at radius 3 is 1.54 bits per heavy atom. The van der Waals surface area contributed by atoms with Crippen LogP contribution in [0.5, 0.6) is 0 Å². The molecule has 0 unspecified atom stereocenters. The van der Waals surface area contributed by atoms with Gasteiger partial charge in [0.2, 0.25) is 0 Å². The van der Waals surface area contributed by atoms with Gasteiger partial charge < -0.3 is 8.83 Å². The lowest BCUT2D eigenvalue weighted by Gasteiger charge is -2.19. The monoisotopic (exact) mass is 636 g/mol. The second-order valence-electron chi connectivity index (χ2n) is 13.1. The molecular weight excluding hydrogens is 609 g/mol. The molecule has 50 heavy (non-hydrogen) atoms. The van der Waals surface area contributed by atoms with E-state index in [4.69, 9.17) is 8.83 Å². The minimum absolute atomic E-state index is 0.844. The van der Waals surface area contributed by atoms with Gasteiger partial charge in [-0.1, -0.05) is 140 Å². The SMILES string of the molecule is c1ccc(-c2c3ccccc3c(-c3ccc(-c4ccc5oc6c(ccc7oc8ccccc8c76)c5c4)c4ccccc34)c3ccccc23)cc1. The van der Waals surface area contributed by atoms with Gasteiger partial charge in [0.05, 0.1) is 5.39 Å². The van der Waals surface area contributed by atoms with Crippen molar-refractivity contribution in [2.24, 2.45) is 0 Å². The van der Waals surface area contributed by atoms with E-state index in [0.717, 1.165) is 49.4 Å². The Balaban J connectivity index is 1.15. The minimum atomic E-state index is 0.844. The van der Waals surface area contributed by atoms with E-state index in [1.165, 1.54) is 60.1 Å². The summed E-state index contributed by atoms with van der Waals surface area (Å²) in [6.45, 7) is 0. The standard InChI is InChI=1S/C48H28O2/c1-2-12-29(13-3-1)45-34-16-6-8-18-36(34)46(37-19-9-7-17-35(37)45)38-24-23-31(32-14-4-5-15-33(32)38)30-22-26-43-41(28-30)39-25-27-44-47(48(39)50-43)40-20-10-11-21-42(40)49-44/h1-28H. The molecule has 0 atom stereocenters. The van der Waals surface area contributed by atoms with E-state index < -0.39 is 0 Å². The van der Waals surface area contributed by atoms with Gasteiger partial charge in [-0.25, -0.2) is 0 Å². The Bertz CT molecular complexity index is 3080. The van der Waals surface area contributed by atoms with Crippen LogP contribution in [0.15, 0.2) is 179 Å². The van der Waals surface area contributed by atoms with E-state index in [0.29, 0.717) is 0 Å². The Morgan fingerprint density at radius 2 is 0.820 bits per heavy atom. The van der Waals surface area contributed by atoms with E-state index in [1.54, 1.807) is 0 Å². The number of hydrogen-bond donors (Lipinski definition) is 0. The number of rotatable bonds is 3. The van der Waals surface area contributed by atoms with Crippen molar-refractivity contribution in [3.8, 4) is 33.4 Å². The third-order valence-electron chi connectivity index (χ3n) is 10.5. The molecule has 0 aliphatic carbocycles. The summed E-state index contributed by atoms with van der Waals surface area (Å²) in [7, 11) is 0. The third kappa shape index (κ3) is 3.85. The van der Waals surface area contributed by atoms with E-state index in [-0.39, 0.29) is 0 Å². The van der Waals surface area contributed by atoms with Crippen LogP contribution >= 0.6 is 0 Å². The maximum Gasteiger partial charge on any atom is 0.147 e. The molecule has 9 aromatic carbocycles. The molecule has 2 nitrogen and oxygen atoms in total. The van der Waals surface area contributed by atoms with Crippen LogP contribution in [-0.4, -0.2) is 0 Å². The van der Waals surface area contributed by atoms with E-state index >= 15 is 0 Å². The van der Waals surface area contributed by atoms with Crippen molar-refractivity contribution < 1.29 is 8.83 Å². The maximum atomic E-state index is 6.55. The van der Waals surface area contributed by atoms with Gasteiger partial charge in [-0.05, 0) is 96.0 Å². The lowest BCUT2D eigenvalue weighted by atomic mass is 9.84. The van der Waals surface area contributed by atoms with Gasteiger partial charge in [0.1, 0.15) is 22.3 Å². The number of para-hydroxylation sites is 1. The predicted octanol–water partition coefficient (Wildman–Crippen LogP) is 13.9. The highest BCUT2D eigenvalue weighted by molar-refractivity contribution is 6.25. The fraction of sp³-hybridized carbons (Fsp3) is 0. The zero-order chi connectivity index (χ0) is 32.8. The summed E-state index contributed by atoms with van der Waals surface area (Å²) in [5, 5.41) is 11.8. The summed E-state index contributed by atoms with van der Waals surface area (Å²) in [6, 6.07) is 61.0. The summed E-state index contributed by atoms with van der Waals surface area (Å²) in [5.74, 6) is 0. The molecule has 2 heteroatoms. The molecule has 0 radical (unpaired) electrons. The zero-order valence-electron chi connectivity index (χ0n) is 27.0. The predicted molar refractivity (Wildman–Crippen MR) is 210 cm³/mol. The van der Waals surface area contributed by atoms with Crippen LogP contribution in [0.3, 0.4) is 0 Å². The van der Waals surface area contributed by atoms with Gasteiger partial charge in [-0.15, -0.1) is 0 Å². The molecule has 0 aliphatic heterocycles. The molecule has 0 amide bonds. The van der Waals surface area contributed by atoms with Gasteiger partial charge >= 0.3 is 0 Å². The summed E-state index contributed by atoms with van der Waals surface area (Å²) >= 11 is 0. The third-order valence-corrected chi connectivity index (χ3v) is 10.5. The topological polar surface area (TPSA) is 26.3 Å². The van der Waals surface area contributed by atoms with Gasteiger partial charge in [-0.3, -0.25) is 0 Å². The first-order valence-electron chi connectivity index (χ1n) is 17.1. The summed E-state index contributed by atoms with van der Waals surface area (Å²) in [5.41, 5.74) is 10.8. The first-order chi connectivity index (χ1) is 24.8. The molecule has 0 N–H and O–H groups in total. The summed E-state index contributed by atoms with van der Waals surface area (Å²) in [6.07, 6.45) is 0. The molecule has 2 aromatic heterocycles. The normalized spacial score (nSPS) is 12.0. The molecular formula is C48H28O2. The van der Waals surface area contributed by atoms with Crippen LogP contribution in [0, 0.1) is 0 Å². The van der Waals surface area contributed by atoms with Crippen LogP contribution in [-0.2, 0) is 0 Å². The summed E-state index contributed by atoms with van der Waals surface area (Å²) < 4.78 is 12.7. The van der Waals surface area contributed by atoms with Gasteiger partial charge in [-0.2, -0.15) is 0 Å². The van der Waals surface area contributed by atoms with Crippen molar-refractivity contribution in [3.63, 3.8) is 0 Å². The van der Waals surface area contributed by atoms with Crippen LogP contribution in [0.2, 0.25) is 0 Å². The molecule has 0 saturated carbocycles. The van der Waals surface area contributed by atoms with Crippen LogP contribution < -0.4 is 0 Å². The van der Waals surface area contributed by atoms with Crippen molar-refractivity contribution in [2.45, 2.75) is 0 Å². The smallest absolute Gasteiger partial charge is 0.147 e. The number of furan rings is 2. The average Bonchev–Trinajstić information content (AvgIpc) is 3.75. The van der Waals surface area contributed by atoms with Crippen molar-refractivity contribution in [2.75, 3.05) is 0 Å². The van der Waals surface area contributed by atoms with E-state index in [9.17, 15) is 0 Å². The van der Waals surface area contributed by atoms with E-state index in [1.807, 2.05) is 12.1 Å². The minimum Gasteiger partial charge on any atom is -0.456 e. The molecule has 0 saturated heterocycles. The first-order valence-corrected chi connectivity index (χ1v) is 17.1. The van der Waals surface area contributed by atoms with Crippen LogP contribution in [0.25, 0.3) is 110 Å². The Hall–Kier alpha value is -6.64. The lowest BCUT2D eigenvalue weighted by molar-refractivity contribution is 0.663. The molecule has 11 aromatic rings. The van der Waals surface area contributed by atoms with Gasteiger partial charge in [0.25, 0.3) is 0 Å². The van der Waals surface area contributed by atoms with Gasteiger partial charge in [0.15, 0.2) is 0 Å². The average molecular weight is 637 g/mol. The number of hydrogen-bond acceptors (Lipinski definition) is 2. The highest BCUT2D eigenvalue weighted by Gasteiger charge is 2.20. The Labute approximate surface area is 287 Å². The maximum absolute atomic E-state index is 6.55. The number of benzene rings is 9. The summed E-state index contributed by atoms with van der Waals surface area (Å²) in [4.78, 5) is 0. The molecule has 0 bridgehead atoms. The molecule has 0 spiro atoms. The quantitative estimate of drug-likeness (QED) is 0.180. The van der Waals surface area contributed by atoms with Crippen molar-refractivity contribution in [3.05, 3.63) is 170 Å². The largest absolute Gasteiger partial charge is 0.456 e. The van der Waals surface area contributed by atoms with Crippen molar-refractivity contribution >= 4 is 76.2 Å². The molecule has 2 heterocycles. The fourth-order valence-electron chi connectivity index (χ4n) is 8.31. The van der Waals surface area contributed by atoms with Gasteiger partial charge in [0, 0.05) is 16.2 Å².